The van der Waals surface area contributed by atoms with E-state index in [1.165, 1.54) is 0 Å². The second-order valence-electron chi connectivity index (χ2n) is 5.24. The van der Waals surface area contributed by atoms with E-state index in [0.717, 1.165) is 29.8 Å². The molecule has 1 amide bonds. The maximum Gasteiger partial charge on any atom is 0.244 e. The van der Waals surface area contributed by atoms with Gasteiger partial charge in [-0.25, -0.2) is 0 Å². The maximum atomic E-state index is 12.3. The Kier molecular flexibility index (Phi) is 4.84. The molecule has 0 saturated heterocycles. The molecule has 0 aliphatic carbocycles. The van der Waals surface area contributed by atoms with Gasteiger partial charge in [0, 0.05) is 11.4 Å². The van der Waals surface area contributed by atoms with Crippen LogP contribution in [0, 0.1) is 18.3 Å². The molecule has 0 radical (unpaired) electrons. The molecule has 1 heterocycles. The van der Waals surface area contributed by atoms with Crippen LogP contribution in [0.5, 0.6) is 0 Å². The van der Waals surface area contributed by atoms with Crippen LogP contribution in [0.4, 0.5) is 11.4 Å². The van der Waals surface area contributed by atoms with Crippen molar-refractivity contribution >= 4 is 17.3 Å². The Balaban J connectivity index is 2.21. The summed E-state index contributed by atoms with van der Waals surface area (Å²) in [5.74, 6) is -0.168. The van der Waals surface area contributed by atoms with Crippen molar-refractivity contribution in [3.63, 3.8) is 0 Å². The summed E-state index contributed by atoms with van der Waals surface area (Å²) in [6, 6.07) is 11.3. The minimum absolute atomic E-state index is 0.0871. The second kappa shape index (κ2) is 6.81. The van der Waals surface area contributed by atoms with E-state index < -0.39 is 0 Å². The summed E-state index contributed by atoms with van der Waals surface area (Å²) in [5, 5.41) is 12.1. The van der Waals surface area contributed by atoms with Crippen molar-refractivity contribution in [1.82, 2.24) is 4.57 Å². The van der Waals surface area contributed by atoms with Gasteiger partial charge in [0.05, 0.1) is 5.69 Å². The molecule has 0 aliphatic heterocycles. The first kappa shape index (κ1) is 15.6. The summed E-state index contributed by atoms with van der Waals surface area (Å²) < 4.78 is 1.70. The van der Waals surface area contributed by atoms with Gasteiger partial charge in [0.2, 0.25) is 5.91 Å². The second-order valence-corrected chi connectivity index (χ2v) is 5.24. The van der Waals surface area contributed by atoms with E-state index >= 15 is 0 Å². The number of nitrogens with zero attached hydrogens (tertiary/aromatic N) is 2. The largest absolute Gasteiger partial charge is 0.397 e. The predicted molar refractivity (Wildman–Crippen MR) is 87.4 cm³/mol. The lowest BCUT2D eigenvalue weighted by atomic mass is 10.2. The number of benzene rings is 1. The van der Waals surface area contributed by atoms with E-state index in [4.69, 9.17) is 5.73 Å². The van der Waals surface area contributed by atoms with Crippen molar-refractivity contribution < 1.29 is 4.79 Å². The minimum atomic E-state index is -0.168. The van der Waals surface area contributed by atoms with Crippen LogP contribution in [0.1, 0.15) is 30.3 Å². The number of aromatic nitrogens is 1. The SMILES string of the molecule is CCCc1c(N)cc(C#N)n1CC(=O)Nc1ccccc1C. The van der Waals surface area contributed by atoms with Crippen LogP contribution in [0.2, 0.25) is 0 Å². The van der Waals surface area contributed by atoms with E-state index in [2.05, 4.69) is 11.4 Å². The Labute approximate surface area is 130 Å². The van der Waals surface area contributed by atoms with Gasteiger partial charge in [0.1, 0.15) is 18.3 Å². The van der Waals surface area contributed by atoms with Crippen molar-refractivity contribution in [3.05, 3.63) is 47.3 Å². The number of aryl methyl sites for hydroxylation is 1. The lowest BCUT2D eigenvalue weighted by Crippen LogP contribution is -2.21. The van der Waals surface area contributed by atoms with Crippen molar-refractivity contribution in [1.29, 1.82) is 5.26 Å². The first-order valence-corrected chi connectivity index (χ1v) is 7.30. The molecule has 5 nitrogen and oxygen atoms in total. The summed E-state index contributed by atoms with van der Waals surface area (Å²) in [6.45, 7) is 4.06. The number of hydrogen-bond donors (Lipinski definition) is 2. The molecule has 22 heavy (non-hydrogen) atoms. The molecule has 1 aromatic carbocycles. The topological polar surface area (TPSA) is 83.8 Å². The van der Waals surface area contributed by atoms with Crippen LogP contribution in [0.25, 0.3) is 0 Å². The number of rotatable bonds is 5. The quantitative estimate of drug-likeness (QED) is 0.889. The summed E-state index contributed by atoms with van der Waals surface area (Å²) in [7, 11) is 0. The number of para-hydroxylation sites is 1. The fraction of sp³-hybridized carbons (Fsp3) is 0.294. The molecule has 0 saturated carbocycles. The average Bonchev–Trinajstić information content (AvgIpc) is 2.78. The minimum Gasteiger partial charge on any atom is -0.397 e. The van der Waals surface area contributed by atoms with E-state index in [-0.39, 0.29) is 12.5 Å². The maximum absolute atomic E-state index is 12.3. The van der Waals surface area contributed by atoms with Crippen molar-refractivity contribution in [3.8, 4) is 6.07 Å². The molecule has 114 valence electrons. The Morgan fingerprint density at radius 1 is 1.41 bits per heavy atom. The van der Waals surface area contributed by atoms with E-state index in [0.29, 0.717) is 11.4 Å². The van der Waals surface area contributed by atoms with E-state index in [1.54, 1.807) is 10.6 Å². The number of anilines is 2. The van der Waals surface area contributed by atoms with Crippen molar-refractivity contribution in [2.24, 2.45) is 0 Å². The molecular weight excluding hydrogens is 276 g/mol. The summed E-state index contributed by atoms with van der Waals surface area (Å²) in [5.41, 5.74) is 9.57. The number of carbonyl (C=O) groups excluding carboxylic acids is 1. The van der Waals surface area contributed by atoms with E-state index in [9.17, 15) is 10.1 Å². The fourth-order valence-electron chi connectivity index (χ4n) is 2.45. The monoisotopic (exact) mass is 296 g/mol. The normalized spacial score (nSPS) is 10.2. The highest BCUT2D eigenvalue weighted by Crippen LogP contribution is 2.20. The van der Waals surface area contributed by atoms with Gasteiger partial charge in [0.25, 0.3) is 0 Å². The highest BCUT2D eigenvalue weighted by molar-refractivity contribution is 5.91. The summed E-state index contributed by atoms with van der Waals surface area (Å²) >= 11 is 0. The van der Waals surface area contributed by atoms with Crippen LogP contribution in [0.3, 0.4) is 0 Å². The number of nitrogens with two attached hydrogens (primary N) is 1. The van der Waals surface area contributed by atoms with Gasteiger partial charge in [-0.05, 0) is 31.0 Å². The van der Waals surface area contributed by atoms with E-state index in [1.807, 2.05) is 38.1 Å². The molecular formula is C17H20N4O. The molecule has 0 atom stereocenters. The molecule has 0 aliphatic rings. The third kappa shape index (κ3) is 3.29. The van der Waals surface area contributed by atoms with Crippen LogP contribution in [-0.4, -0.2) is 10.5 Å². The van der Waals surface area contributed by atoms with Crippen LogP contribution in [0.15, 0.2) is 30.3 Å². The van der Waals surface area contributed by atoms with Gasteiger partial charge < -0.3 is 15.6 Å². The van der Waals surface area contributed by atoms with Gasteiger partial charge in [-0.15, -0.1) is 0 Å². The average molecular weight is 296 g/mol. The number of nitrogen functional groups attached to an aromatic ring is 1. The Morgan fingerprint density at radius 2 is 2.14 bits per heavy atom. The molecule has 0 fully saturated rings. The summed E-state index contributed by atoms with van der Waals surface area (Å²) in [4.78, 5) is 12.3. The smallest absolute Gasteiger partial charge is 0.244 e. The third-order valence-corrected chi connectivity index (χ3v) is 3.56. The fourth-order valence-corrected chi connectivity index (χ4v) is 2.45. The van der Waals surface area contributed by atoms with Crippen molar-refractivity contribution in [2.45, 2.75) is 33.2 Å². The van der Waals surface area contributed by atoms with Crippen LogP contribution in [-0.2, 0) is 17.8 Å². The number of nitriles is 1. The molecule has 2 rings (SSSR count). The highest BCUT2D eigenvalue weighted by atomic mass is 16.1. The Bertz CT molecular complexity index is 725. The summed E-state index contributed by atoms with van der Waals surface area (Å²) in [6.07, 6.45) is 1.64. The van der Waals surface area contributed by atoms with Gasteiger partial charge in [-0.3, -0.25) is 4.79 Å². The predicted octanol–water partition coefficient (Wildman–Crippen LogP) is 2.84. The number of hydrogen-bond acceptors (Lipinski definition) is 3. The first-order chi connectivity index (χ1) is 10.6. The molecule has 1 aromatic heterocycles. The number of nitrogens with one attached hydrogen (secondary N) is 1. The number of amides is 1. The highest BCUT2D eigenvalue weighted by Gasteiger charge is 2.15. The van der Waals surface area contributed by atoms with Gasteiger partial charge in [-0.1, -0.05) is 31.5 Å². The Morgan fingerprint density at radius 3 is 2.77 bits per heavy atom. The Hall–Kier alpha value is -2.74. The van der Waals surface area contributed by atoms with Crippen LogP contribution < -0.4 is 11.1 Å². The first-order valence-electron chi connectivity index (χ1n) is 7.30. The van der Waals surface area contributed by atoms with Crippen molar-refractivity contribution in [2.75, 3.05) is 11.1 Å². The van der Waals surface area contributed by atoms with Gasteiger partial charge in [-0.2, -0.15) is 5.26 Å². The van der Waals surface area contributed by atoms with Crippen LogP contribution >= 0.6 is 0 Å². The van der Waals surface area contributed by atoms with Gasteiger partial charge >= 0.3 is 0 Å². The molecule has 0 bridgehead atoms. The molecule has 5 heteroatoms. The zero-order chi connectivity index (χ0) is 16.1. The molecule has 0 unspecified atom stereocenters. The molecule has 2 aromatic rings. The lowest BCUT2D eigenvalue weighted by molar-refractivity contribution is -0.116. The third-order valence-electron chi connectivity index (χ3n) is 3.56. The molecule has 0 spiro atoms. The number of carbonyl (C=O) groups is 1. The van der Waals surface area contributed by atoms with Gasteiger partial charge in [0.15, 0.2) is 0 Å². The zero-order valence-corrected chi connectivity index (χ0v) is 12.9. The molecule has 3 N–H and O–H groups in total. The zero-order valence-electron chi connectivity index (χ0n) is 12.9. The standard InChI is InChI=1S/C17H20N4O/c1-3-6-16-14(19)9-13(10-18)21(16)11-17(22)20-15-8-5-4-7-12(15)2/h4-5,7-9H,3,6,11,19H2,1-2H3,(H,20,22). The lowest BCUT2D eigenvalue weighted by Gasteiger charge is -2.12.